The first-order valence-electron chi connectivity index (χ1n) is 6.24. The van der Waals surface area contributed by atoms with Crippen LogP contribution in [0, 0.1) is 0 Å². The highest BCUT2D eigenvalue weighted by Crippen LogP contribution is 2.34. The lowest BCUT2D eigenvalue weighted by molar-refractivity contribution is -0.138. The molecule has 3 nitrogen and oxygen atoms in total. The molecule has 1 aliphatic carbocycles. The third kappa shape index (κ3) is 3.07. The first-order valence-corrected chi connectivity index (χ1v) is 6.24. The van der Waals surface area contributed by atoms with Crippen LogP contribution in [0.25, 0.3) is 0 Å². The van der Waals surface area contributed by atoms with Crippen molar-refractivity contribution in [3.8, 4) is 0 Å². The molecule has 0 bridgehead atoms. The van der Waals surface area contributed by atoms with Crippen LogP contribution in [-0.2, 0) is 11.2 Å². The minimum Gasteiger partial charge on any atom is -0.480 e. The van der Waals surface area contributed by atoms with Gasteiger partial charge in [-0.05, 0) is 36.3 Å². The molecule has 1 aliphatic rings. The zero-order chi connectivity index (χ0) is 12.3. The fourth-order valence-electron chi connectivity index (χ4n) is 2.57. The molecule has 17 heavy (non-hydrogen) atoms. The van der Waals surface area contributed by atoms with Gasteiger partial charge in [-0.1, -0.05) is 37.1 Å². The van der Waals surface area contributed by atoms with Gasteiger partial charge >= 0.3 is 5.97 Å². The summed E-state index contributed by atoms with van der Waals surface area (Å²) in [5.74, 6) is -0.271. The van der Waals surface area contributed by atoms with Crippen LogP contribution in [0.15, 0.2) is 24.3 Å². The Hall–Kier alpha value is -1.35. The summed E-state index contributed by atoms with van der Waals surface area (Å²) in [5, 5.41) is 8.80. The van der Waals surface area contributed by atoms with Gasteiger partial charge in [-0.25, -0.2) is 0 Å². The third-order valence-corrected chi connectivity index (χ3v) is 3.55. The molecular weight excluding hydrogens is 214 g/mol. The fraction of sp³-hybridized carbons (Fsp3) is 0.500. The van der Waals surface area contributed by atoms with Crippen molar-refractivity contribution in [1.82, 2.24) is 0 Å². The zero-order valence-corrected chi connectivity index (χ0v) is 9.93. The summed E-state index contributed by atoms with van der Waals surface area (Å²) in [4.78, 5) is 10.7. The molecule has 0 spiro atoms. The van der Waals surface area contributed by atoms with E-state index in [2.05, 4.69) is 12.1 Å². The molecule has 1 saturated carbocycles. The number of carboxylic acids is 1. The second kappa shape index (κ2) is 5.32. The molecule has 3 heteroatoms. The van der Waals surface area contributed by atoms with Gasteiger partial charge in [0, 0.05) is 0 Å². The molecule has 0 aliphatic heterocycles. The second-order valence-electron chi connectivity index (χ2n) is 4.88. The highest BCUT2D eigenvalue weighted by Gasteiger charge is 2.18. The molecule has 0 aromatic heterocycles. The Balaban J connectivity index is 2.08. The quantitative estimate of drug-likeness (QED) is 0.838. The van der Waals surface area contributed by atoms with E-state index in [1.165, 1.54) is 31.2 Å². The van der Waals surface area contributed by atoms with Crippen molar-refractivity contribution in [2.45, 2.75) is 44.1 Å². The summed E-state index contributed by atoms with van der Waals surface area (Å²) < 4.78 is 0. The molecular formula is C14H19NO2. The maximum atomic E-state index is 10.7. The Labute approximate surface area is 102 Å². The monoisotopic (exact) mass is 233 g/mol. The van der Waals surface area contributed by atoms with E-state index in [1.807, 2.05) is 12.1 Å². The molecule has 1 aromatic carbocycles. The molecule has 3 N–H and O–H groups in total. The summed E-state index contributed by atoms with van der Waals surface area (Å²) >= 11 is 0. The van der Waals surface area contributed by atoms with Crippen LogP contribution in [0.5, 0.6) is 0 Å². The number of nitrogens with two attached hydrogens (primary N) is 1. The van der Waals surface area contributed by atoms with Gasteiger partial charge in [-0.2, -0.15) is 0 Å². The SMILES string of the molecule is N[C@@H](Cc1cccc(C2CCCC2)c1)C(=O)O. The van der Waals surface area contributed by atoms with Crippen molar-refractivity contribution in [3.63, 3.8) is 0 Å². The van der Waals surface area contributed by atoms with E-state index in [-0.39, 0.29) is 0 Å². The number of carboxylic acid groups (broad SMARTS) is 1. The Bertz CT molecular complexity index is 397. The molecule has 1 fully saturated rings. The Kier molecular flexibility index (Phi) is 3.79. The average molecular weight is 233 g/mol. The molecule has 0 heterocycles. The fourth-order valence-corrected chi connectivity index (χ4v) is 2.57. The van der Waals surface area contributed by atoms with Crippen molar-refractivity contribution >= 4 is 5.97 Å². The van der Waals surface area contributed by atoms with Crippen molar-refractivity contribution in [2.75, 3.05) is 0 Å². The second-order valence-corrected chi connectivity index (χ2v) is 4.88. The average Bonchev–Trinajstić information content (AvgIpc) is 2.82. The van der Waals surface area contributed by atoms with Crippen LogP contribution in [-0.4, -0.2) is 17.1 Å². The van der Waals surface area contributed by atoms with Crippen molar-refractivity contribution in [2.24, 2.45) is 5.73 Å². The third-order valence-electron chi connectivity index (χ3n) is 3.55. The largest absolute Gasteiger partial charge is 0.480 e. The Morgan fingerprint density at radius 2 is 2.12 bits per heavy atom. The van der Waals surface area contributed by atoms with Gasteiger partial charge < -0.3 is 10.8 Å². The standard InChI is InChI=1S/C14H19NO2/c15-13(14(16)17)9-10-4-3-7-12(8-10)11-5-1-2-6-11/h3-4,7-8,11,13H,1-2,5-6,9,15H2,(H,16,17)/t13-/m0/s1. The topological polar surface area (TPSA) is 63.3 Å². The smallest absolute Gasteiger partial charge is 0.320 e. The summed E-state index contributed by atoms with van der Waals surface area (Å²) in [6.07, 6.45) is 5.55. The summed E-state index contributed by atoms with van der Waals surface area (Å²) in [6.45, 7) is 0. The van der Waals surface area contributed by atoms with Crippen LogP contribution >= 0.6 is 0 Å². The minimum absolute atomic E-state index is 0.413. The molecule has 0 radical (unpaired) electrons. The van der Waals surface area contributed by atoms with Gasteiger partial charge in [-0.15, -0.1) is 0 Å². The van der Waals surface area contributed by atoms with Crippen LogP contribution < -0.4 is 5.73 Å². The van der Waals surface area contributed by atoms with Gasteiger partial charge in [0.15, 0.2) is 0 Å². The first-order chi connectivity index (χ1) is 8.16. The van der Waals surface area contributed by atoms with E-state index in [0.29, 0.717) is 12.3 Å². The maximum Gasteiger partial charge on any atom is 0.320 e. The van der Waals surface area contributed by atoms with E-state index in [9.17, 15) is 4.79 Å². The Morgan fingerprint density at radius 3 is 2.76 bits per heavy atom. The van der Waals surface area contributed by atoms with E-state index < -0.39 is 12.0 Å². The van der Waals surface area contributed by atoms with Crippen LogP contribution in [0.4, 0.5) is 0 Å². The van der Waals surface area contributed by atoms with Gasteiger partial charge in [-0.3, -0.25) is 4.79 Å². The normalized spacial score (nSPS) is 18.2. The summed E-state index contributed by atoms with van der Waals surface area (Å²) in [6, 6.07) is 7.44. The first kappa shape index (κ1) is 12.1. The number of rotatable bonds is 4. The van der Waals surface area contributed by atoms with Gasteiger partial charge in [0.05, 0.1) is 0 Å². The molecule has 1 atom stereocenters. The number of benzene rings is 1. The maximum absolute atomic E-state index is 10.7. The van der Waals surface area contributed by atoms with Crippen molar-refractivity contribution in [3.05, 3.63) is 35.4 Å². The molecule has 0 unspecified atom stereocenters. The van der Waals surface area contributed by atoms with E-state index in [4.69, 9.17) is 10.8 Å². The predicted octanol–water partition coefficient (Wildman–Crippen LogP) is 2.30. The van der Waals surface area contributed by atoms with Gasteiger partial charge in [0.1, 0.15) is 6.04 Å². The zero-order valence-electron chi connectivity index (χ0n) is 9.93. The number of carbonyl (C=O) groups is 1. The number of aliphatic carboxylic acids is 1. The Morgan fingerprint density at radius 1 is 1.41 bits per heavy atom. The highest BCUT2D eigenvalue weighted by atomic mass is 16.4. The number of hydrogen-bond donors (Lipinski definition) is 2. The molecule has 2 rings (SSSR count). The lowest BCUT2D eigenvalue weighted by atomic mass is 9.94. The van der Waals surface area contributed by atoms with Crippen LogP contribution in [0.3, 0.4) is 0 Å². The predicted molar refractivity (Wildman–Crippen MR) is 67.0 cm³/mol. The molecule has 92 valence electrons. The summed E-state index contributed by atoms with van der Waals surface area (Å²) in [7, 11) is 0. The van der Waals surface area contributed by atoms with Crippen molar-refractivity contribution < 1.29 is 9.90 Å². The molecule has 0 saturated heterocycles. The minimum atomic E-state index is -0.934. The van der Waals surface area contributed by atoms with Gasteiger partial charge in [0.25, 0.3) is 0 Å². The van der Waals surface area contributed by atoms with Gasteiger partial charge in [0.2, 0.25) is 0 Å². The highest BCUT2D eigenvalue weighted by molar-refractivity contribution is 5.73. The van der Waals surface area contributed by atoms with E-state index >= 15 is 0 Å². The van der Waals surface area contributed by atoms with E-state index in [0.717, 1.165) is 5.56 Å². The van der Waals surface area contributed by atoms with Crippen LogP contribution in [0.2, 0.25) is 0 Å². The molecule has 1 aromatic rings. The van der Waals surface area contributed by atoms with Crippen molar-refractivity contribution in [1.29, 1.82) is 0 Å². The van der Waals surface area contributed by atoms with Crippen LogP contribution in [0.1, 0.15) is 42.7 Å². The van der Waals surface area contributed by atoms with E-state index in [1.54, 1.807) is 0 Å². The number of hydrogen-bond acceptors (Lipinski definition) is 2. The molecule has 0 amide bonds. The lowest BCUT2D eigenvalue weighted by Crippen LogP contribution is -2.32. The summed E-state index contributed by atoms with van der Waals surface area (Å²) in [5.41, 5.74) is 7.93. The lowest BCUT2D eigenvalue weighted by Gasteiger charge is -2.12.